The van der Waals surface area contributed by atoms with E-state index < -0.39 is 0 Å². The van der Waals surface area contributed by atoms with Gasteiger partial charge in [-0.25, -0.2) is 4.99 Å². The number of rotatable bonds is 6. The molecule has 7 heteroatoms. The predicted molar refractivity (Wildman–Crippen MR) is 101 cm³/mol. The van der Waals surface area contributed by atoms with Gasteiger partial charge < -0.3 is 15.5 Å². The minimum Gasteiger partial charge on any atom is -0.461 e. The number of aliphatic imine (C=N–C) groups is 1. The second-order valence-corrected chi connectivity index (χ2v) is 5.89. The number of hydrogen-bond donors (Lipinski definition) is 3. The lowest BCUT2D eigenvalue weighted by Crippen LogP contribution is -2.36. The van der Waals surface area contributed by atoms with E-state index in [9.17, 15) is 4.79 Å². The number of benzene rings is 1. The summed E-state index contributed by atoms with van der Waals surface area (Å²) >= 11 is 1.65. The molecule has 0 bridgehead atoms. The first-order valence-corrected chi connectivity index (χ1v) is 8.44. The zero-order chi connectivity index (χ0) is 17.9. The molecule has 0 aliphatic rings. The van der Waals surface area contributed by atoms with Crippen molar-refractivity contribution >= 4 is 40.3 Å². The molecule has 0 fully saturated rings. The summed E-state index contributed by atoms with van der Waals surface area (Å²) in [5, 5.41) is 6.56. The summed E-state index contributed by atoms with van der Waals surface area (Å²) in [6.45, 7) is 1.89. The van der Waals surface area contributed by atoms with Gasteiger partial charge in [-0.05, 0) is 38.2 Å². The third-order valence-electron chi connectivity index (χ3n) is 2.86. The molecular weight excluding hydrogens is 324 g/mol. The molecule has 0 saturated heterocycles. The Bertz CT molecular complexity index is 722. The number of fused-ring (bicyclic) bond motifs is 1. The van der Waals surface area contributed by atoms with Crippen LogP contribution >= 0.6 is 11.8 Å². The Morgan fingerprint density at radius 2 is 2.12 bits per heavy atom. The van der Waals surface area contributed by atoms with Gasteiger partial charge in [0, 0.05) is 23.4 Å². The summed E-state index contributed by atoms with van der Waals surface area (Å²) in [5.41, 5.74) is 7.24. The van der Waals surface area contributed by atoms with E-state index in [4.69, 9.17) is 10.2 Å². The van der Waals surface area contributed by atoms with Gasteiger partial charge in [0.1, 0.15) is 11.3 Å². The highest BCUT2D eigenvalue weighted by Crippen LogP contribution is 2.24. The highest BCUT2D eigenvalue weighted by molar-refractivity contribution is 7.99. The van der Waals surface area contributed by atoms with E-state index in [2.05, 4.69) is 28.5 Å². The predicted octanol–water partition coefficient (Wildman–Crippen LogP) is 2.35. The molecule has 0 unspecified atom stereocenters. The summed E-state index contributed by atoms with van der Waals surface area (Å²) in [5.74, 6) is 2.37. The maximum atomic E-state index is 11.7. The van der Waals surface area contributed by atoms with Crippen LogP contribution in [-0.2, 0) is 4.79 Å². The van der Waals surface area contributed by atoms with E-state index in [1.165, 1.54) is 0 Å². The number of carbonyl (C=O) groups excluding carboxylic acids is 1. The number of amides is 1. The average molecular weight is 346 g/mol. The number of aryl methyl sites for hydroxylation is 1. The molecule has 2 aromatic rings. The number of terminal acetylenes is 1. The lowest BCUT2D eigenvalue weighted by molar-refractivity contribution is -0.119. The molecule has 2 rings (SSSR count). The number of nitrogens with zero attached hydrogens (tertiary/aromatic N) is 1. The van der Waals surface area contributed by atoms with Crippen molar-refractivity contribution in [2.24, 2.45) is 10.7 Å². The molecule has 128 valence electrons. The molecule has 1 heterocycles. The molecule has 0 saturated carbocycles. The fourth-order valence-corrected chi connectivity index (χ4v) is 2.62. The van der Waals surface area contributed by atoms with Gasteiger partial charge in [-0.15, -0.1) is 24.6 Å². The van der Waals surface area contributed by atoms with Crippen molar-refractivity contribution in [3.63, 3.8) is 0 Å². The van der Waals surface area contributed by atoms with Crippen LogP contribution < -0.4 is 16.4 Å². The third kappa shape index (κ3) is 6.36. The van der Waals surface area contributed by atoms with Crippen molar-refractivity contribution < 1.29 is 9.21 Å². The molecule has 0 aliphatic carbocycles. The Labute approximate surface area is 146 Å². The second-order valence-electron chi connectivity index (χ2n) is 4.78. The third-order valence-corrected chi connectivity index (χ3v) is 3.85. The highest BCUT2D eigenvalue weighted by atomic mass is 32.2. The van der Waals surface area contributed by atoms with E-state index in [0.29, 0.717) is 12.1 Å². The molecule has 6 nitrogen and oxygen atoms in total. The number of carbonyl (C=O) groups is 1. The number of thioether (sulfide) groups is 1. The first kappa shape index (κ1) is 19.6. The minimum absolute atomic E-state index is 0.100. The zero-order valence-corrected chi connectivity index (χ0v) is 14.7. The Morgan fingerprint density at radius 3 is 2.83 bits per heavy atom. The van der Waals surface area contributed by atoms with Gasteiger partial charge in [-0.3, -0.25) is 10.1 Å². The monoisotopic (exact) mass is 346 g/mol. The highest BCUT2D eigenvalue weighted by Gasteiger charge is 2.05. The van der Waals surface area contributed by atoms with Gasteiger partial charge in [0.2, 0.25) is 11.9 Å². The summed E-state index contributed by atoms with van der Waals surface area (Å²) in [4.78, 5) is 15.9. The lowest BCUT2D eigenvalue weighted by atomic mass is 10.2. The van der Waals surface area contributed by atoms with E-state index >= 15 is 0 Å². The van der Waals surface area contributed by atoms with Crippen molar-refractivity contribution in [3.8, 4) is 12.8 Å². The summed E-state index contributed by atoms with van der Waals surface area (Å²) in [6, 6.07) is 7.44. The summed E-state index contributed by atoms with van der Waals surface area (Å²) < 4.78 is 5.50. The maximum Gasteiger partial charge on any atom is 0.227 e. The standard InChI is InChI=1S/C15H20N4O2S.C2H2/c1-10-7-11-8-12(3-4-13(11)21-10)18-15(16)19-14(20)5-6-22-9-17-2;1-2/h3-4,7-8,17H,5-6,9H2,1-2H3,(H3,16,18,19,20);1-2H. The van der Waals surface area contributed by atoms with Crippen molar-refractivity contribution in [1.29, 1.82) is 0 Å². The normalized spacial score (nSPS) is 10.9. The van der Waals surface area contributed by atoms with Gasteiger partial charge >= 0.3 is 0 Å². The molecule has 0 spiro atoms. The van der Waals surface area contributed by atoms with Crippen LogP contribution in [0.2, 0.25) is 0 Å². The summed E-state index contributed by atoms with van der Waals surface area (Å²) in [7, 11) is 1.87. The van der Waals surface area contributed by atoms with Crippen molar-refractivity contribution in [2.75, 3.05) is 18.7 Å². The van der Waals surface area contributed by atoms with E-state index in [-0.39, 0.29) is 11.9 Å². The molecular formula is C17H22N4O2S. The van der Waals surface area contributed by atoms with E-state index in [0.717, 1.165) is 28.4 Å². The Hall–Kier alpha value is -2.43. The van der Waals surface area contributed by atoms with Gasteiger partial charge in [0.15, 0.2) is 0 Å². The first-order valence-electron chi connectivity index (χ1n) is 7.28. The first-order chi connectivity index (χ1) is 11.6. The average Bonchev–Trinajstić information content (AvgIpc) is 2.92. The quantitative estimate of drug-likeness (QED) is 0.245. The maximum absolute atomic E-state index is 11.7. The van der Waals surface area contributed by atoms with Crippen LogP contribution in [0.3, 0.4) is 0 Å². The number of nitrogens with two attached hydrogens (primary N) is 1. The lowest BCUT2D eigenvalue weighted by Gasteiger charge is -2.04. The summed E-state index contributed by atoms with van der Waals surface area (Å²) in [6.07, 6.45) is 8.41. The SMILES string of the molecule is C#C.CNCSCCC(=O)NC(N)=Nc1ccc2oc(C)cc2c1. The number of nitrogens with one attached hydrogen (secondary N) is 2. The molecule has 0 aliphatic heterocycles. The fourth-order valence-electron chi connectivity index (χ4n) is 1.94. The smallest absolute Gasteiger partial charge is 0.227 e. The van der Waals surface area contributed by atoms with Crippen LogP contribution in [0, 0.1) is 19.8 Å². The van der Waals surface area contributed by atoms with Crippen LogP contribution in [0.4, 0.5) is 5.69 Å². The molecule has 1 aromatic heterocycles. The molecule has 24 heavy (non-hydrogen) atoms. The van der Waals surface area contributed by atoms with Gasteiger partial charge in [-0.1, -0.05) is 0 Å². The molecule has 1 amide bonds. The Kier molecular flexibility index (Phi) is 8.47. The molecule has 4 N–H and O–H groups in total. The number of furan rings is 1. The molecule has 0 atom stereocenters. The van der Waals surface area contributed by atoms with E-state index in [1.807, 2.05) is 32.2 Å². The van der Waals surface area contributed by atoms with Crippen molar-refractivity contribution in [2.45, 2.75) is 13.3 Å². The second kappa shape index (κ2) is 10.4. The Morgan fingerprint density at radius 1 is 1.38 bits per heavy atom. The minimum atomic E-state index is -0.134. The van der Waals surface area contributed by atoms with Crippen LogP contribution in [0.5, 0.6) is 0 Å². The van der Waals surface area contributed by atoms with Crippen LogP contribution in [0.15, 0.2) is 33.7 Å². The fraction of sp³-hybridized carbons (Fsp3) is 0.294. The topological polar surface area (TPSA) is 92.7 Å². The van der Waals surface area contributed by atoms with Gasteiger partial charge in [0.05, 0.1) is 5.69 Å². The van der Waals surface area contributed by atoms with E-state index in [1.54, 1.807) is 17.8 Å². The molecule has 0 radical (unpaired) electrons. The van der Waals surface area contributed by atoms with Crippen LogP contribution in [0.25, 0.3) is 11.0 Å². The van der Waals surface area contributed by atoms with Gasteiger partial charge in [0.25, 0.3) is 0 Å². The van der Waals surface area contributed by atoms with Crippen LogP contribution in [0.1, 0.15) is 12.2 Å². The van der Waals surface area contributed by atoms with Gasteiger partial charge in [-0.2, -0.15) is 0 Å². The van der Waals surface area contributed by atoms with Crippen LogP contribution in [-0.4, -0.2) is 30.5 Å². The number of hydrogen-bond acceptors (Lipinski definition) is 5. The number of guanidine groups is 1. The van der Waals surface area contributed by atoms with Crippen molar-refractivity contribution in [1.82, 2.24) is 10.6 Å². The largest absolute Gasteiger partial charge is 0.461 e. The van der Waals surface area contributed by atoms with Crippen molar-refractivity contribution in [3.05, 3.63) is 30.0 Å². The Balaban J connectivity index is 0.00000139. The molecule has 1 aromatic carbocycles. The zero-order valence-electron chi connectivity index (χ0n) is 13.8.